The van der Waals surface area contributed by atoms with Crippen molar-refractivity contribution in [1.29, 1.82) is 0 Å². The van der Waals surface area contributed by atoms with Crippen LogP contribution in [0.1, 0.15) is 18.7 Å². The summed E-state index contributed by atoms with van der Waals surface area (Å²) in [5.74, 6) is 0.206. The fourth-order valence-electron chi connectivity index (χ4n) is 1.67. The van der Waals surface area contributed by atoms with Crippen LogP contribution in [0.5, 0.6) is 0 Å². The summed E-state index contributed by atoms with van der Waals surface area (Å²) in [5, 5.41) is 4.14. The second-order valence-corrected chi connectivity index (χ2v) is 6.28. The van der Waals surface area contributed by atoms with E-state index in [4.69, 9.17) is 11.6 Å². The maximum Gasteiger partial charge on any atom is 0.152 e. The number of nitrogens with zero attached hydrogens (tertiary/aromatic N) is 1. The fourth-order valence-corrected chi connectivity index (χ4v) is 2.74. The summed E-state index contributed by atoms with van der Waals surface area (Å²) in [7, 11) is 0. The molecule has 1 N–H and O–H groups in total. The van der Waals surface area contributed by atoms with Crippen LogP contribution in [0.4, 0.5) is 4.39 Å². The number of aromatic nitrogens is 1. The summed E-state index contributed by atoms with van der Waals surface area (Å²) in [6.07, 6.45) is 1.79. The highest BCUT2D eigenvalue weighted by molar-refractivity contribution is 7.15. The average molecular weight is 299 g/mol. The molecular formula is C14H16ClFN2S. The molecule has 0 radical (unpaired) electrons. The molecule has 0 aliphatic carbocycles. The van der Waals surface area contributed by atoms with Crippen molar-refractivity contribution >= 4 is 22.9 Å². The van der Waals surface area contributed by atoms with Gasteiger partial charge in [0.05, 0.1) is 5.02 Å². The van der Waals surface area contributed by atoms with Gasteiger partial charge in [0.15, 0.2) is 5.82 Å². The first-order chi connectivity index (χ1) is 9.08. The molecule has 1 aromatic carbocycles. The van der Waals surface area contributed by atoms with Gasteiger partial charge >= 0.3 is 0 Å². The Labute approximate surface area is 121 Å². The molecule has 0 unspecified atom stereocenters. The predicted molar refractivity (Wildman–Crippen MR) is 79.1 cm³/mol. The second-order valence-electron chi connectivity index (χ2n) is 4.76. The number of halogens is 2. The van der Waals surface area contributed by atoms with Gasteiger partial charge in [-0.05, 0) is 24.6 Å². The third-order valence-corrected chi connectivity index (χ3v) is 3.91. The van der Waals surface area contributed by atoms with E-state index in [0.29, 0.717) is 16.5 Å². The highest BCUT2D eigenvalue weighted by Gasteiger charge is 2.12. The minimum Gasteiger partial charge on any atom is -0.312 e. The zero-order valence-electron chi connectivity index (χ0n) is 10.9. The van der Waals surface area contributed by atoms with Crippen LogP contribution in [0.25, 0.3) is 10.6 Å². The molecule has 0 fully saturated rings. The zero-order valence-corrected chi connectivity index (χ0v) is 12.5. The lowest BCUT2D eigenvalue weighted by atomic mass is 10.2. The summed E-state index contributed by atoms with van der Waals surface area (Å²) in [4.78, 5) is 5.36. The molecule has 0 amide bonds. The summed E-state index contributed by atoms with van der Waals surface area (Å²) in [5.41, 5.74) is 0.465. The van der Waals surface area contributed by atoms with Crippen LogP contribution >= 0.6 is 22.9 Å². The van der Waals surface area contributed by atoms with Crippen LogP contribution in [0.2, 0.25) is 5.02 Å². The third kappa shape index (κ3) is 3.75. The lowest BCUT2D eigenvalue weighted by molar-refractivity contribution is 0.554. The number of nitrogens with one attached hydrogen (secondary N) is 1. The van der Waals surface area contributed by atoms with E-state index < -0.39 is 5.82 Å². The van der Waals surface area contributed by atoms with Gasteiger partial charge in [-0.3, -0.25) is 0 Å². The molecule has 0 saturated carbocycles. The third-order valence-electron chi connectivity index (χ3n) is 2.59. The molecule has 0 bridgehead atoms. The van der Waals surface area contributed by atoms with E-state index in [1.807, 2.05) is 0 Å². The van der Waals surface area contributed by atoms with E-state index in [1.54, 1.807) is 24.4 Å². The molecule has 0 aliphatic rings. The number of hydrogen-bond acceptors (Lipinski definition) is 3. The molecule has 1 heterocycles. The van der Waals surface area contributed by atoms with Crippen molar-refractivity contribution in [3.63, 3.8) is 0 Å². The lowest BCUT2D eigenvalue weighted by Gasteiger charge is -2.04. The number of thiazole rings is 1. The molecule has 0 aliphatic heterocycles. The van der Waals surface area contributed by atoms with Crippen LogP contribution in [-0.2, 0) is 6.54 Å². The smallest absolute Gasteiger partial charge is 0.152 e. The van der Waals surface area contributed by atoms with Crippen molar-refractivity contribution in [3.05, 3.63) is 40.1 Å². The van der Waals surface area contributed by atoms with Gasteiger partial charge in [0.1, 0.15) is 5.01 Å². The van der Waals surface area contributed by atoms with E-state index in [9.17, 15) is 4.39 Å². The van der Waals surface area contributed by atoms with E-state index in [1.165, 1.54) is 11.3 Å². The summed E-state index contributed by atoms with van der Waals surface area (Å²) < 4.78 is 13.9. The normalized spacial score (nSPS) is 11.2. The number of benzene rings is 1. The first-order valence-corrected chi connectivity index (χ1v) is 7.37. The van der Waals surface area contributed by atoms with Gasteiger partial charge in [-0.1, -0.05) is 31.5 Å². The van der Waals surface area contributed by atoms with Crippen molar-refractivity contribution in [2.75, 3.05) is 6.54 Å². The summed E-state index contributed by atoms with van der Waals surface area (Å²) in [6, 6.07) is 4.98. The molecule has 5 heteroatoms. The van der Waals surface area contributed by atoms with Gasteiger partial charge in [-0.2, -0.15) is 0 Å². The molecule has 0 saturated heterocycles. The van der Waals surface area contributed by atoms with Gasteiger partial charge in [0.25, 0.3) is 0 Å². The van der Waals surface area contributed by atoms with Crippen molar-refractivity contribution in [1.82, 2.24) is 10.3 Å². The molecule has 102 valence electrons. The minimum atomic E-state index is -0.403. The van der Waals surface area contributed by atoms with Gasteiger partial charge in [-0.15, -0.1) is 11.3 Å². The Morgan fingerprint density at radius 3 is 2.95 bits per heavy atom. The highest BCUT2D eigenvalue weighted by Crippen LogP contribution is 2.30. The molecule has 2 aromatic rings. The molecular weight excluding hydrogens is 283 g/mol. The van der Waals surface area contributed by atoms with E-state index in [2.05, 4.69) is 24.1 Å². The quantitative estimate of drug-likeness (QED) is 0.888. The molecule has 2 rings (SSSR count). The number of hydrogen-bond donors (Lipinski definition) is 1. The van der Waals surface area contributed by atoms with Crippen LogP contribution in [0, 0.1) is 11.7 Å². The van der Waals surface area contributed by atoms with Gasteiger partial charge in [0.2, 0.25) is 0 Å². The van der Waals surface area contributed by atoms with Crippen LogP contribution in [0.3, 0.4) is 0 Å². The molecule has 2 nitrogen and oxygen atoms in total. The monoisotopic (exact) mass is 298 g/mol. The van der Waals surface area contributed by atoms with Gasteiger partial charge < -0.3 is 5.32 Å². The van der Waals surface area contributed by atoms with Crippen molar-refractivity contribution in [2.45, 2.75) is 20.4 Å². The van der Waals surface area contributed by atoms with E-state index in [0.717, 1.165) is 18.0 Å². The Bertz CT molecular complexity index is 554. The van der Waals surface area contributed by atoms with E-state index >= 15 is 0 Å². The first-order valence-electron chi connectivity index (χ1n) is 6.17. The van der Waals surface area contributed by atoms with Gasteiger partial charge in [0, 0.05) is 23.2 Å². The molecule has 0 spiro atoms. The topological polar surface area (TPSA) is 24.9 Å². The maximum atomic E-state index is 13.9. The molecule has 0 atom stereocenters. The largest absolute Gasteiger partial charge is 0.312 e. The van der Waals surface area contributed by atoms with Crippen molar-refractivity contribution in [3.8, 4) is 10.6 Å². The first kappa shape index (κ1) is 14.4. The predicted octanol–water partition coefficient (Wildman–Crippen LogP) is 4.35. The SMILES string of the molecule is CC(C)CNCc1cnc(-c2cccc(Cl)c2F)s1. The number of rotatable bonds is 5. The highest BCUT2D eigenvalue weighted by atomic mass is 35.5. The van der Waals surface area contributed by atoms with E-state index in [-0.39, 0.29) is 5.02 Å². The minimum absolute atomic E-state index is 0.132. The van der Waals surface area contributed by atoms with Crippen molar-refractivity contribution < 1.29 is 4.39 Å². The van der Waals surface area contributed by atoms with Crippen LogP contribution in [0.15, 0.2) is 24.4 Å². The summed E-state index contributed by atoms with van der Waals surface area (Å²) >= 11 is 7.27. The molecule has 19 heavy (non-hydrogen) atoms. The second kappa shape index (κ2) is 6.46. The molecule has 1 aromatic heterocycles. The Hall–Kier alpha value is -0.970. The maximum absolute atomic E-state index is 13.9. The van der Waals surface area contributed by atoms with Gasteiger partial charge in [-0.25, -0.2) is 9.37 Å². The fraction of sp³-hybridized carbons (Fsp3) is 0.357. The van der Waals surface area contributed by atoms with Crippen molar-refractivity contribution in [2.24, 2.45) is 5.92 Å². The zero-order chi connectivity index (χ0) is 13.8. The standard InChI is InChI=1S/C14H16ClFN2S/c1-9(2)6-17-7-10-8-18-14(19-10)11-4-3-5-12(15)13(11)16/h3-5,8-9,17H,6-7H2,1-2H3. The lowest BCUT2D eigenvalue weighted by Crippen LogP contribution is -2.18. The Morgan fingerprint density at radius 2 is 2.21 bits per heavy atom. The van der Waals surface area contributed by atoms with Crippen LogP contribution < -0.4 is 5.32 Å². The van der Waals surface area contributed by atoms with Crippen LogP contribution in [-0.4, -0.2) is 11.5 Å². The Kier molecular flexibility index (Phi) is 4.91. The Morgan fingerprint density at radius 1 is 1.42 bits per heavy atom. The average Bonchev–Trinajstić information content (AvgIpc) is 2.81. The Balaban J connectivity index is 2.10. The summed E-state index contributed by atoms with van der Waals surface area (Å²) in [6.45, 7) is 6.04.